The van der Waals surface area contributed by atoms with Gasteiger partial charge in [0.1, 0.15) is 0 Å². The second-order valence-electron chi connectivity index (χ2n) is 4.36. The van der Waals surface area contributed by atoms with Gasteiger partial charge in [0.25, 0.3) is 0 Å². The van der Waals surface area contributed by atoms with E-state index in [0.717, 1.165) is 56.4 Å². The van der Waals surface area contributed by atoms with Gasteiger partial charge in [-0.3, -0.25) is 0 Å². The molecule has 0 saturated heterocycles. The van der Waals surface area contributed by atoms with Crippen molar-refractivity contribution in [3.8, 4) is 11.5 Å². The zero-order chi connectivity index (χ0) is 13.3. The van der Waals surface area contributed by atoms with Gasteiger partial charge in [-0.2, -0.15) is 0 Å². The highest BCUT2D eigenvalue weighted by atomic mass is 16.5. The van der Waals surface area contributed by atoms with Crippen molar-refractivity contribution >= 4 is 6.08 Å². The summed E-state index contributed by atoms with van der Waals surface area (Å²) in [6.07, 6.45) is 5.10. The lowest BCUT2D eigenvalue weighted by molar-refractivity contribution is 0.200. The Morgan fingerprint density at radius 1 is 1.26 bits per heavy atom. The van der Waals surface area contributed by atoms with Gasteiger partial charge in [-0.1, -0.05) is 18.2 Å². The first-order valence-electron chi connectivity index (χ1n) is 6.66. The molecule has 104 valence electrons. The fourth-order valence-electron chi connectivity index (χ4n) is 1.84. The molecule has 1 N–H and O–H groups in total. The first kappa shape index (κ1) is 13.9. The van der Waals surface area contributed by atoms with E-state index in [1.54, 1.807) is 7.11 Å². The van der Waals surface area contributed by atoms with Crippen molar-refractivity contribution in [2.45, 2.75) is 6.42 Å². The Bertz CT molecular complexity index is 418. The highest BCUT2D eigenvalue weighted by Crippen LogP contribution is 2.30. The number of hydrogen-bond donors (Lipinski definition) is 1. The van der Waals surface area contributed by atoms with Crippen molar-refractivity contribution in [1.29, 1.82) is 0 Å². The predicted molar refractivity (Wildman–Crippen MR) is 75.8 cm³/mol. The zero-order valence-electron chi connectivity index (χ0n) is 11.4. The van der Waals surface area contributed by atoms with Crippen LogP contribution in [0.2, 0.25) is 0 Å². The molecular formula is C15H21NO3. The van der Waals surface area contributed by atoms with Crippen molar-refractivity contribution in [3.05, 3.63) is 29.8 Å². The zero-order valence-corrected chi connectivity index (χ0v) is 11.4. The van der Waals surface area contributed by atoms with Crippen LogP contribution < -0.4 is 14.8 Å². The summed E-state index contributed by atoms with van der Waals surface area (Å²) in [6.45, 7) is 3.88. The van der Waals surface area contributed by atoms with Gasteiger partial charge in [0.15, 0.2) is 11.5 Å². The predicted octanol–water partition coefficient (Wildman–Crippen LogP) is 2.10. The second kappa shape index (κ2) is 7.81. The molecule has 4 nitrogen and oxygen atoms in total. The number of hydrogen-bond acceptors (Lipinski definition) is 4. The summed E-state index contributed by atoms with van der Waals surface area (Å²) in [7, 11) is 1.70. The molecule has 19 heavy (non-hydrogen) atoms. The van der Waals surface area contributed by atoms with Crippen LogP contribution in [0.3, 0.4) is 0 Å². The van der Waals surface area contributed by atoms with Crippen LogP contribution in [0.4, 0.5) is 0 Å². The lowest BCUT2D eigenvalue weighted by Gasteiger charge is -2.07. The number of methoxy groups -OCH3 is 1. The molecule has 1 heterocycles. The summed E-state index contributed by atoms with van der Waals surface area (Å²) in [4.78, 5) is 0. The second-order valence-corrected chi connectivity index (χ2v) is 4.36. The molecule has 0 spiro atoms. The van der Waals surface area contributed by atoms with Crippen LogP contribution in [0.5, 0.6) is 11.5 Å². The van der Waals surface area contributed by atoms with Gasteiger partial charge in [0, 0.05) is 26.6 Å². The van der Waals surface area contributed by atoms with E-state index in [4.69, 9.17) is 14.2 Å². The van der Waals surface area contributed by atoms with Crippen molar-refractivity contribution in [2.24, 2.45) is 0 Å². The van der Waals surface area contributed by atoms with Gasteiger partial charge in [-0.25, -0.2) is 0 Å². The minimum atomic E-state index is 0.721. The average Bonchev–Trinajstić information content (AvgIpc) is 2.67. The molecule has 0 bridgehead atoms. The Morgan fingerprint density at radius 2 is 2.11 bits per heavy atom. The minimum absolute atomic E-state index is 0.721. The molecule has 0 fully saturated rings. The van der Waals surface area contributed by atoms with Gasteiger partial charge in [-0.15, -0.1) is 0 Å². The number of rotatable bonds is 6. The molecule has 1 aromatic rings. The fraction of sp³-hybridized carbons (Fsp3) is 0.467. The Hall–Kier alpha value is -1.52. The third-order valence-electron chi connectivity index (χ3n) is 2.83. The Morgan fingerprint density at radius 3 is 2.95 bits per heavy atom. The monoisotopic (exact) mass is 263 g/mol. The molecule has 1 aliphatic heterocycles. The van der Waals surface area contributed by atoms with E-state index in [0.29, 0.717) is 0 Å². The maximum absolute atomic E-state index is 5.66. The number of ether oxygens (including phenoxy) is 3. The molecule has 0 aromatic heterocycles. The lowest BCUT2D eigenvalue weighted by Crippen LogP contribution is -2.18. The third-order valence-corrected chi connectivity index (χ3v) is 2.83. The van der Waals surface area contributed by atoms with E-state index >= 15 is 0 Å². The van der Waals surface area contributed by atoms with Gasteiger partial charge < -0.3 is 19.5 Å². The van der Waals surface area contributed by atoms with E-state index in [2.05, 4.69) is 17.5 Å². The molecular weight excluding hydrogens is 242 g/mol. The number of nitrogens with one attached hydrogen (secondary N) is 1. The van der Waals surface area contributed by atoms with E-state index in [-0.39, 0.29) is 0 Å². The summed E-state index contributed by atoms with van der Waals surface area (Å²) >= 11 is 0. The van der Waals surface area contributed by atoms with Crippen LogP contribution in [0, 0.1) is 0 Å². The van der Waals surface area contributed by atoms with E-state index in [9.17, 15) is 0 Å². The van der Waals surface area contributed by atoms with Gasteiger partial charge in [0.05, 0.1) is 19.8 Å². The molecule has 0 unspecified atom stereocenters. The summed E-state index contributed by atoms with van der Waals surface area (Å²) in [5.74, 6) is 1.68. The van der Waals surface area contributed by atoms with E-state index in [1.165, 1.54) is 0 Å². The topological polar surface area (TPSA) is 39.7 Å². The highest BCUT2D eigenvalue weighted by molar-refractivity contribution is 5.56. The molecule has 2 rings (SSSR count). The SMILES string of the molecule is COCCNCC=Cc1ccc2c(c1)OCCCO2. The molecule has 1 aliphatic rings. The molecule has 0 saturated carbocycles. The Labute approximate surface area is 114 Å². The van der Waals surface area contributed by atoms with Crippen molar-refractivity contribution in [2.75, 3.05) is 40.0 Å². The van der Waals surface area contributed by atoms with Crippen LogP contribution in [0.1, 0.15) is 12.0 Å². The normalized spacial score (nSPS) is 14.6. The van der Waals surface area contributed by atoms with Crippen LogP contribution in [-0.2, 0) is 4.74 Å². The maximum Gasteiger partial charge on any atom is 0.161 e. The standard InChI is InChI=1S/C15H21NO3/c1-17-11-8-16-7-2-4-13-5-6-14-15(12-13)19-10-3-9-18-14/h2,4-6,12,16H,3,7-11H2,1H3. The summed E-state index contributed by atoms with van der Waals surface area (Å²) in [6, 6.07) is 6.03. The largest absolute Gasteiger partial charge is 0.490 e. The van der Waals surface area contributed by atoms with Gasteiger partial charge in [-0.05, 0) is 17.7 Å². The summed E-state index contributed by atoms with van der Waals surface area (Å²) in [5, 5.41) is 3.26. The molecule has 4 heteroatoms. The summed E-state index contributed by atoms with van der Waals surface area (Å²) in [5.41, 5.74) is 1.12. The molecule has 1 aromatic carbocycles. The molecule has 0 radical (unpaired) electrons. The van der Waals surface area contributed by atoms with Crippen LogP contribution in [-0.4, -0.2) is 40.0 Å². The van der Waals surface area contributed by atoms with Crippen LogP contribution >= 0.6 is 0 Å². The van der Waals surface area contributed by atoms with Gasteiger partial charge in [0.2, 0.25) is 0 Å². The van der Waals surface area contributed by atoms with E-state index in [1.807, 2.05) is 18.2 Å². The number of fused-ring (bicyclic) bond motifs is 1. The smallest absolute Gasteiger partial charge is 0.161 e. The number of benzene rings is 1. The molecule has 0 aliphatic carbocycles. The van der Waals surface area contributed by atoms with Crippen molar-refractivity contribution in [3.63, 3.8) is 0 Å². The first-order chi connectivity index (χ1) is 9.40. The van der Waals surface area contributed by atoms with Crippen molar-refractivity contribution < 1.29 is 14.2 Å². The third kappa shape index (κ3) is 4.58. The molecule has 0 amide bonds. The summed E-state index contributed by atoms with van der Waals surface area (Å²) < 4.78 is 16.2. The van der Waals surface area contributed by atoms with Crippen LogP contribution in [0.15, 0.2) is 24.3 Å². The Balaban J connectivity index is 1.87. The van der Waals surface area contributed by atoms with Gasteiger partial charge >= 0.3 is 0 Å². The lowest BCUT2D eigenvalue weighted by atomic mass is 10.2. The minimum Gasteiger partial charge on any atom is -0.490 e. The quantitative estimate of drug-likeness (QED) is 0.798. The van der Waals surface area contributed by atoms with Crippen LogP contribution in [0.25, 0.3) is 6.08 Å². The highest BCUT2D eigenvalue weighted by Gasteiger charge is 2.09. The Kier molecular flexibility index (Phi) is 5.72. The molecule has 0 atom stereocenters. The first-order valence-corrected chi connectivity index (χ1v) is 6.66. The van der Waals surface area contributed by atoms with E-state index < -0.39 is 0 Å². The average molecular weight is 263 g/mol. The van der Waals surface area contributed by atoms with Crippen molar-refractivity contribution in [1.82, 2.24) is 5.32 Å². The fourth-order valence-corrected chi connectivity index (χ4v) is 1.84. The maximum atomic E-state index is 5.66.